The molecular formula is C8H11ClN6O. The minimum atomic E-state index is -0.391. The number of nitrogens with two attached hydrogens (primary N) is 1. The van der Waals surface area contributed by atoms with Crippen LogP contribution >= 0.6 is 11.6 Å². The monoisotopic (exact) mass is 242 g/mol. The minimum absolute atomic E-state index is 0.0326. The fourth-order valence-corrected chi connectivity index (χ4v) is 0.878. The number of hydrazone groups is 1. The number of hydrogen-bond donors (Lipinski definition) is 2. The molecule has 0 unspecified atom stereocenters. The fraction of sp³-hybridized carbons (Fsp3) is 0.250. The topological polar surface area (TPSA) is 96.5 Å². The third-order valence-corrected chi connectivity index (χ3v) is 1.73. The van der Waals surface area contributed by atoms with Crippen molar-refractivity contribution in [2.24, 2.45) is 10.8 Å². The first kappa shape index (κ1) is 12.2. The van der Waals surface area contributed by atoms with Gasteiger partial charge in [0.1, 0.15) is 10.8 Å². The number of carbonyl (C=O) groups excluding carboxylic acids is 1. The van der Waals surface area contributed by atoms with Crippen molar-refractivity contribution in [3.63, 3.8) is 0 Å². The SMILES string of the molecule is CN(C)C(=O)N/N=C(\N)c1cncc(Cl)n1. The van der Waals surface area contributed by atoms with Crippen LogP contribution in [0.25, 0.3) is 0 Å². The summed E-state index contributed by atoms with van der Waals surface area (Å²) < 4.78 is 0. The van der Waals surface area contributed by atoms with Crippen LogP contribution in [0.2, 0.25) is 5.15 Å². The lowest BCUT2D eigenvalue weighted by Crippen LogP contribution is -2.33. The summed E-state index contributed by atoms with van der Waals surface area (Å²) in [5, 5.41) is 3.85. The van der Waals surface area contributed by atoms with Gasteiger partial charge < -0.3 is 10.6 Å². The van der Waals surface area contributed by atoms with Crippen molar-refractivity contribution in [3.05, 3.63) is 23.2 Å². The molecule has 1 heterocycles. The molecule has 0 aliphatic heterocycles. The Labute approximate surface area is 97.3 Å². The maximum absolute atomic E-state index is 11.1. The lowest BCUT2D eigenvalue weighted by Gasteiger charge is -2.08. The average molecular weight is 243 g/mol. The van der Waals surface area contributed by atoms with E-state index in [9.17, 15) is 4.79 Å². The third kappa shape index (κ3) is 3.35. The second-order valence-corrected chi connectivity index (χ2v) is 3.42. The normalized spacial score (nSPS) is 11.1. The van der Waals surface area contributed by atoms with Crippen LogP contribution in [-0.4, -0.2) is 40.8 Å². The molecule has 0 spiro atoms. The van der Waals surface area contributed by atoms with Gasteiger partial charge in [0.05, 0.1) is 12.4 Å². The van der Waals surface area contributed by atoms with Gasteiger partial charge in [-0.2, -0.15) is 5.10 Å². The fourth-order valence-electron chi connectivity index (χ4n) is 0.731. The molecule has 7 nitrogen and oxygen atoms in total. The van der Waals surface area contributed by atoms with Crippen LogP contribution in [0.3, 0.4) is 0 Å². The quantitative estimate of drug-likeness (QED) is 0.434. The molecule has 3 N–H and O–H groups in total. The highest BCUT2D eigenvalue weighted by atomic mass is 35.5. The second-order valence-electron chi connectivity index (χ2n) is 3.04. The summed E-state index contributed by atoms with van der Waals surface area (Å²) in [7, 11) is 3.17. The summed E-state index contributed by atoms with van der Waals surface area (Å²) in [6.07, 6.45) is 2.77. The Kier molecular flexibility index (Phi) is 4.01. The molecule has 0 saturated heterocycles. The number of aromatic nitrogens is 2. The summed E-state index contributed by atoms with van der Waals surface area (Å²) in [5.74, 6) is 0.0326. The van der Waals surface area contributed by atoms with Gasteiger partial charge in [-0.3, -0.25) is 4.98 Å². The first-order valence-corrected chi connectivity index (χ1v) is 4.67. The number of nitrogens with one attached hydrogen (secondary N) is 1. The van der Waals surface area contributed by atoms with E-state index >= 15 is 0 Å². The van der Waals surface area contributed by atoms with E-state index in [-0.39, 0.29) is 11.0 Å². The molecule has 0 atom stereocenters. The number of carbonyl (C=O) groups is 1. The molecule has 1 aromatic heterocycles. The number of rotatable bonds is 2. The molecule has 86 valence electrons. The van der Waals surface area contributed by atoms with Crippen LogP contribution in [0.15, 0.2) is 17.5 Å². The summed E-state index contributed by atoms with van der Waals surface area (Å²) in [5.41, 5.74) is 8.10. The lowest BCUT2D eigenvalue weighted by atomic mass is 10.4. The molecule has 2 amide bonds. The summed E-state index contributed by atoms with van der Waals surface area (Å²) >= 11 is 5.62. The Morgan fingerprint density at radius 2 is 2.25 bits per heavy atom. The van der Waals surface area contributed by atoms with Crippen molar-refractivity contribution in [2.45, 2.75) is 0 Å². The largest absolute Gasteiger partial charge is 0.380 e. The molecule has 0 bridgehead atoms. The highest BCUT2D eigenvalue weighted by Crippen LogP contribution is 2.01. The van der Waals surface area contributed by atoms with E-state index < -0.39 is 6.03 Å². The van der Waals surface area contributed by atoms with Crippen molar-refractivity contribution >= 4 is 23.5 Å². The highest BCUT2D eigenvalue weighted by molar-refractivity contribution is 6.29. The lowest BCUT2D eigenvalue weighted by molar-refractivity contribution is 0.218. The van der Waals surface area contributed by atoms with Crippen LogP contribution in [0.4, 0.5) is 4.79 Å². The van der Waals surface area contributed by atoms with Gasteiger partial charge in [0.15, 0.2) is 5.84 Å². The van der Waals surface area contributed by atoms with E-state index in [0.717, 1.165) is 0 Å². The van der Waals surface area contributed by atoms with Gasteiger partial charge in [-0.25, -0.2) is 15.2 Å². The molecule has 1 rings (SSSR count). The van der Waals surface area contributed by atoms with Gasteiger partial charge in [0.2, 0.25) is 0 Å². The third-order valence-electron chi connectivity index (χ3n) is 1.55. The molecule has 0 aliphatic rings. The molecule has 0 saturated carbocycles. The maximum Gasteiger partial charge on any atom is 0.337 e. The first-order chi connectivity index (χ1) is 7.50. The number of hydrogen-bond acceptors (Lipinski definition) is 4. The Hall–Kier alpha value is -1.89. The zero-order valence-electron chi connectivity index (χ0n) is 8.81. The molecule has 0 aromatic carbocycles. The van der Waals surface area contributed by atoms with Crippen molar-refractivity contribution in [1.82, 2.24) is 20.3 Å². The molecule has 0 fully saturated rings. The van der Waals surface area contributed by atoms with Crippen molar-refractivity contribution < 1.29 is 4.79 Å². The average Bonchev–Trinajstić information content (AvgIpc) is 2.25. The van der Waals surface area contributed by atoms with E-state index in [1.165, 1.54) is 17.3 Å². The maximum atomic E-state index is 11.1. The van der Waals surface area contributed by atoms with Gasteiger partial charge >= 0.3 is 6.03 Å². The van der Waals surface area contributed by atoms with Gasteiger partial charge in [0.25, 0.3) is 0 Å². The smallest absolute Gasteiger partial charge is 0.337 e. The Morgan fingerprint density at radius 3 is 2.81 bits per heavy atom. The van der Waals surface area contributed by atoms with E-state index in [2.05, 4.69) is 20.5 Å². The predicted molar refractivity (Wildman–Crippen MR) is 60.0 cm³/mol. The molecule has 0 radical (unpaired) electrons. The van der Waals surface area contributed by atoms with E-state index in [1.54, 1.807) is 14.1 Å². The van der Waals surface area contributed by atoms with Crippen molar-refractivity contribution in [3.8, 4) is 0 Å². The Morgan fingerprint density at radius 1 is 1.56 bits per heavy atom. The molecule has 8 heteroatoms. The van der Waals surface area contributed by atoms with Gasteiger partial charge in [-0.1, -0.05) is 11.6 Å². The van der Waals surface area contributed by atoms with E-state index in [1.807, 2.05) is 0 Å². The summed E-state index contributed by atoms with van der Waals surface area (Å²) in [6, 6.07) is -0.391. The molecule has 0 aliphatic carbocycles. The van der Waals surface area contributed by atoms with Crippen LogP contribution < -0.4 is 11.2 Å². The first-order valence-electron chi connectivity index (χ1n) is 4.29. The zero-order valence-corrected chi connectivity index (χ0v) is 9.56. The standard InChI is InChI=1S/C8H11ClN6O/c1-15(2)8(16)14-13-7(10)5-3-11-4-6(9)12-5/h3-4H,1-2H3,(H2,10,13)(H,14,16). The number of urea groups is 1. The van der Waals surface area contributed by atoms with Crippen molar-refractivity contribution in [1.29, 1.82) is 0 Å². The number of halogens is 1. The van der Waals surface area contributed by atoms with Gasteiger partial charge in [-0.05, 0) is 0 Å². The Bertz CT molecular complexity index is 419. The van der Waals surface area contributed by atoms with Crippen LogP contribution in [-0.2, 0) is 0 Å². The van der Waals surface area contributed by atoms with Gasteiger partial charge in [0, 0.05) is 14.1 Å². The minimum Gasteiger partial charge on any atom is -0.380 e. The van der Waals surface area contributed by atoms with Crippen LogP contribution in [0, 0.1) is 0 Å². The molecular weight excluding hydrogens is 232 g/mol. The summed E-state index contributed by atoms with van der Waals surface area (Å²) in [4.78, 5) is 20.1. The second kappa shape index (κ2) is 5.26. The van der Waals surface area contributed by atoms with Gasteiger partial charge in [-0.15, -0.1) is 0 Å². The molecule has 1 aromatic rings. The summed E-state index contributed by atoms with van der Waals surface area (Å²) in [6.45, 7) is 0. The predicted octanol–water partition coefficient (Wildman–Crippen LogP) is 0.0215. The number of nitrogens with zero attached hydrogens (tertiary/aromatic N) is 4. The molecule has 16 heavy (non-hydrogen) atoms. The Balaban J connectivity index is 2.74. The zero-order chi connectivity index (χ0) is 12.1. The number of amidine groups is 1. The van der Waals surface area contributed by atoms with Crippen LogP contribution in [0.1, 0.15) is 5.69 Å². The van der Waals surface area contributed by atoms with Crippen molar-refractivity contribution in [2.75, 3.05) is 14.1 Å². The van der Waals surface area contributed by atoms with Crippen LogP contribution in [0.5, 0.6) is 0 Å². The highest BCUT2D eigenvalue weighted by Gasteiger charge is 2.04. The number of amides is 2. The van der Waals surface area contributed by atoms with E-state index in [4.69, 9.17) is 17.3 Å². The van der Waals surface area contributed by atoms with E-state index in [0.29, 0.717) is 5.69 Å².